The highest BCUT2D eigenvalue weighted by Gasteiger charge is 2.47. The number of carboxylic acids is 1. The molecule has 1 amide bonds. The number of fused-ring (bicyclic) bond motifs is 2. The van der Waals surface area contributed by atoms with Gasteiger partial charge in [-0.15, -0.1) is 0 Å². The molecule has 1 aliphatic heterocycles. The number of hydrogen-bond acceptors (Lipinski definition) is 3. The number of aromatic amines is 1. The standard InChI is InChI=1S/C17H19N3O3/c21-16(12-6-3-5-11-9-18-19-15(11)12)20-13-7-2-1-4-10(13)8-14(20)17(22)23/h3,5-6,9-10,13-14H,1-2,4,7-8H2,(H,18,19)(H,22,23)/t10-,13-,14-/m0/s1. The van der Waals surface area contributed by atoms with Gasteiger partial charge in [-0.25, -0.2) is 4.79 Å². The van der Waals surface area contributed by atoms with Gasteiger partial charge in [0, 0.05) is 11.4 Å². The lowest BCUT2D eigenvalue weighted by atomic mass is 9.84. The summed E-state index contributed by atoms with van der Waals surface area (Å²) < 4.78 is 0. The summed E-state index contributed by atoms with van der Waals surface area (Å²) in [7, 11) is 0. The zero-order valence-electron chi connectivity index (χ0n) is 12.7. The van der Waals surface area contributed by atoms with Crippen LogP contribution in [0.25, 0.3) is 10.9 Å². The van der Waals surface area contributed by atoms with E-state index in [1.54, 1.807) is 17.2 Å². The van der Waals surface area contributed by atoms with Crippen molar-refractivity contribution >= 4 is 22.8 Å². The Morgan fingerprint density at radius 1 is 1.26 bits per heavy atom. The number of H-pyrrole nitrogens is 1. The third-order valence-electron chi connectivity index (χ3n) is 5.31. The summed E-state index contributed by atoms with van der Waals surface area (Å²) in [6, 6.07) is 4.79. The topological polar surface area (TPSA) is 86.3 Å². The number of carboxylic acid groups (broad SMARTS) is 1. The van der Waals surface area contributed by atoms with Crippen LogP contribution < -0.4 is 0 Å². The number of nitrogens with one attached hydrogen (secondary N) is 1. The number of amides is 1. The summed E-state index contributed by atoms with van der Waals surface area (Å²) >= 11 is 0. The van der Waals surface area contributed by atoms with E-state index in [0.29, 0.717) is 23.4 Å². The molecule has 1 saturated carbocycles. The molecule has 2 heterocycles. The smallest absolute Gasteiger partial charge is 0.326 e. The van der Waals surface area contributed by atoms with E-state index >= 15 is 0 Å². The van der Waals surface area contributed by atoms with Crippen molar-refractivity contribution in [2.45, 2.75) is 44.2 Å². The Morgan fingerprint density at radius 3 is 2.91 bits per heavy atom. The van der Waals surface area contributed by atoms with Crippen LogP contribution in [0.5, 0.6) is 0 Å². The van der Waals surface area contributed by atoms with Gasteiger partial charge in [0.2, 0.25) is 0 Å². The summed E-state index contributed by atoms with van der Waals surface area (Å²) in [6.45, 7) is 0. The van der Waals surface area contributed by atoms with Gasteiger partial charge in [0.15, 0.2) is 0 Å². The lowest BCUT2D eigenvalue weighted by Crippen LogP contribution is -2.46. The van der Waals surface area contributed by atoms with Gasteiger partial charge in [0.25, 0.3) is 5.91 Å². The summed E-state index contributed by atoms with van der Waals surface area (Å²) in [5.74, 6) is -0.777. The van der Waals surface area contributed by atoms with Crippen LogP contribution in [0.4, 0.5) is 0 Å². The Bertz CT molecular complexity index is 769. The zero-order valence-corrected chi connectivity index (χ0v) is 12.7. The van der Waals surface area contributed by atoms with Gasteiger partial charge < -0.3 is 10.0 Å². The average Bonchev–Trinajstić information content (AvgIpc) is 3.18. The number of para-hydroxylation sites is 1. The molecule has 23 heavy (non-hydrogen) atoms. The molecule has 2 N–H and O–H groups in total. The van der Waals surface area contributed by atoms with Crippen LogP contribution in [-0.4, -0.2) is 44.2 Å². The van der Waals surface area contributed by atoms with Gasteiger partial charge in [0.05, 0.1) is 17.3 Å². The van der Waals surface area contributed by atoms with Crippen molar-refractivity contribution in [3.8, 4) is 0 Å². The summed E-state index contributed by atoms with van der Waals surface area (Å²) in [6.07, 6.45) is 6.36. The third-order valence-corrected chi connectivity index (χ3v) is 5.31. The first-order chi connectivity index (χ1) is 11.2. The third kappa shape index (κ3) is 2.20. The molecule has 0 unspecified atom stereocenters. The maximum absolute atomic E-state index is 13.1. The molecule has 0 radical (unpaired) electrons. The number of benzene rings is 1. The fourth-order valence-corrected chi connectivity index (χ4v) is 4.26. The maximum atomic E-state index is 13.1. The van der Waals surface area contributed by atoms with Crippen LogP contribution in [0, 0.1) is 5.92 Å². The van der Waals surface area contributed by atoms with E-state index in [0.717, 1.165) is 31.1 Å². The van der Waals surface area contributed by atoms with Crippen molar-refractivity contribution in [2.24, 2.45) is 5.92 Å². The quantitative estimate of drug-likeness (QED) is 0.891. The van der Waals surface area contributed by atoms with E-state index in [-0.39, 0.29) is 11.9 Å². The van der Waals surface area contributed by atoms with Crippen LogP contribution >= 0.6 is 0 Å². The van der Waals surface area contributed by atoms with Crippen molar-refractivity contribution in [1.82, 2.24) is 15.1 Å². The number of rotatable bonds is 2. The van der Waals surface area contributed by atoms with Crippen LogP contribution in [0.1, 0.15) is 42.5 Å². The van der Waals surface area contributed by atoms with Gasteiger partial charge in [-0.1, -0.05) is 25.0 Å². The van der Waals surface area contributed by atoms with Crippen molar-refractivity contribution in [2.75, 3.05) is 0 Å². The minimum Gasteiger partial charge on any atom is -0.480 e. The number of aromatic nitrogens is 2. The Hall–Kier alpha value is -2.37. The van der Waals surface area contributed by atoms with Gasteiger partial charge >= 0.3 is 5.97 Å². The minimum atomic E-state index is -0.899. The molecule has 1 aromatic carbocycles. The largest absolute Gasteiger partial charge is 0.480 e. The van der Waals surface area contributed by atoms with Gasteiger partial charge in [-0.05, 0) is 31.2 Å². The van der Waals surface area contributed by atoms with E-state index in [2.05, 4.69) is 10.2 Å². The second-order valence-corrected chi connectivity index (χ2v) is 6.55. The Balaban J connectivity index is 1.75. The Labute approximate surface area is 133 Å². The first-order valence-corrected chi connectivity index (χ1v) is 8.14. The number of hydrogen-bond donors (Lipinski definition) is 2. The molecule has 6 heteroatoms. The molecule has 1 aliphatic carbocycles. The van der Waals surface area contributed by atoms with E-state index < -0.39 is 12.0 Å². The van der Waals surface area contributed by atoms with Gasteiger partial charge in [-0.3, -0.25) is 9.89 Å². The molecule has 2 aromatic rings. The summed E-state index contributed by atoms with van der Waals surface area (Å²) in [4.78, 5) is 26.5. The normalized spacial score (nSPS) is 27.1. The first-order valence-electron chi connectivity index (χ1n) is 8.14. The molecule has 0 spiro atoms. The molecule has 4 rings (SSSR count). The first kappa shape index (κ1) is 14.2. The second kappa shape index (κ2) is 5.37. The average molecular weight is 313 g/mol. The van der Waals surface area contributed by atoms with E-state index in [1.165, 1.54) is 0 Å². The van der Waals surface area contributed by atoms with Crippen LogP contribution in [0.2, 0.25) is 0 Å². The highest BCUT2D eigenvalue weighted by Crippen LogP contribution is 2.40. The predicted molar refractivity (Wildman–Crippen MR) is 84.1 cm³/mol. The van der Waals surface area contributed by atoms with Crippen molar-refractivity contribution in [3.63, 3.8) is 0 Å². The van der Waals surface area contributed by atoms with Crippen LogP contribution in [0.15, 0.2) is 24.4 Å². The number of carbonyl (C=O) groups excluding carboxylic acids is 1. The molecule has 6 nitrogen and oxygen atoms in total. The lowest BCUT2D eigenvalue weighted by Gasteiger charge is -2.33. The maximum Gasteiger partial charge on any atom is 0.326 e. The molecule has 0 bridgehead atoms. The van der Waals surface area contributed by atoms with Crippen molar-refractivity contribution in [1.29, 1.82) is 0 Å². The van der Waals surface area contributed by atoms with E-state index in [9.17, 15) is 14.7 Å². The fraction of sp³-hybridized carbons (Fsp3) is 0.471. The van der Waals surface area contributed by atoms with Crippen molar-refractivity contribution in [3.05, 3.63) is 30.0 Å². The van der Waals surface area contributed by atoms with Crippen molar-refractivity contribution < 1.29 is 14.7 Å². The highest BCUT2D eigenvalue weighted by molar-refractivity contribution is 6.06. The number of carbonyl (C=O) groups is 2. The molecular weight excluding hydrogens is 294 g/mol. The number of nitrogens with zero attached hydrogens (tertiary/aromatic N) is 2. The highest BCUT2D eigenvalue weighted by atomic mass is 16.4. The second-order valence-electron chi connectivity index (χ2n) is 6.55. The summed E-state index contributed by atoms with van der Waals surface area (Å²) in [5.41, 5.74) is 1.19. The molecule has 3 atom stereocenters. The fourth-order valence-electron chi connectivity index (χ4n) is 4.26. The molecule has 120 valence electrons. The van der Waals surface area contributed by atoms with Gasteiger partial charge in [-0.2, -0.15) is 5.10 Å². The predicted octanol–water partition coefficient (Wildman–Crippen LogP) is 2.42. The molecule has 1 aromatic heterocycles. The van der Waals surface area contributed by atoms with E-state index in [1.807, 2.05) is 12.1 Å². The number of aliphatic carboxylic acids is 1. The lowest BCUT2D eigenvalue weighted by molar-refractivity contribution is -0.141. The van der Waals surface area contributed by atoms with Crippen LogP contribution in [-0.2, 0) is 4.79 Å². The zero-order chi connectivity index (χ0) is 16.0. The van der Waals surface area contributed by atoms with Gasteiger partial charge in [0.1, 0.15) is 6.04 Å². The molecular formula is C17H19N3O3. The Kier molecular flexibility index (Phi) is 3.32. The SMILES string of the molecule is O=C(O)[C@@H]1C[C@@H]2CCCC[C@@H]2N1C(=O)c1cccc2cn[nH]c12. The van der Waals surface area contributed by atoms with E-state index in [4.69, 9.17) is 0 Å². The molecule has 1 saturated heterocycles. The monoisotopic (exact) mass is 313 g/mol. The molecule has 2 fully saturated rings. The number of likely N-dealkylation sites (tertiary alicyclic amines) is 1. The Morgan fingerprint density at radius 2 is 2.09 bits per heavy atom. The minimum absolute atomic E-state index is 0.0514. The van der Waals surface area contributed by atoms with Crippen LogP contribution in [0.3, 0.4) is 0 Å². The molecule has 2 aliphatic rings. The summed E-state index contributed by atoms with van der Waals surface area (Å²) in [5, 5.41) is 17.3.